The molecule has 126 valence electrons. The van der Waals surface area contributed by atoms with Gasteiger partial charge in [-0.05, 0) is 43.0 Å². The molecular weight excluding hydrogens is 324 g/mol. The quantitative estimate of drug-likeness (QED) is 0.791. The third-order valence-corrected chi connectivity index (χ3v) is 5.22. The molecule has 1 unspecified atom stereocenters. The predicted octanol–water partition coefficient (Wildman–Crippen LogP) is 2.23. The third kappa shape index (κ3) is 4.84. The van der Waals surface area contributed by atoms with Crippen molar-refractivity contribution in [1.82, 2.24) is 4.72 Å². The smallest absolute Gasteiger partial charge is 0.240 e. The molecule has 0 fully saturated rings. The first-order chi connectivity index (χ1) is 10.1. The van der Waals surface area contributed by atoms with Gasteiger partial charge in [0.05, 0.1) is 11.5 Å². The number of unbranched alkanes of at least 4 members (excludes halogenated alkanes) is 1. The monoisotopic (exact) mass is 348 g/mol. The Hall–Kier alpha value is -0.820. The summed E-state index contributed by atoms with van der Waals surface area (Å²) in [5, 5.41) is 0. The molecule has 3 N–H and O–H groups in total. The van der Waals surface area contributed by atoms with Gasteiger partial charge < -0.3 is 10.5 Å². The number of hydrogen-bond acceptors (Lipinski definition) is 4. The fraction of sp³-hybridized carbons (Fsp3) is 0.600. The van der Waals surface area contributed by atoms with Crippen molar-refractivity contribution in [2.75, 3.05) is 13.2 Å². The molecule has 0 saturated heterocycles. The zero-order chi connectivity index (χ0) is 15.3. The summed E-state index contributed by atoms with van der Waals surface area (Å²) in [5.74, 6) is 0.793. The van der Waals surface area contributed by atoms with E-state index in [2.05, 4.69) is 11.6 Å². The molecule has 5 nitrogen and oxygen atoms in total. The minimum absolute atomic E-state index is 0. The van der Waals surface area contributed by atoms with Gasteiger partial charge >= 0.3 is 0 Å². The van der Waals surface area contributed by atoms with Crippen LogP contribution >= 0.6 is 12.4 Å². The highest BCUT2D eigenvalue weighted by atomic mass is 35.5. The van der Waals surface area contributed by atoms with Crippen molar-refractivity contribution >= 4 is 22.4 Å². The van der Waals surface area contributed by atoms with Crippen LogP contribution in [0.5, 0.6) is 5.75 Å². The van der Waals surface area contributed by atoms with Crippen molar-refractivity contribution in [2.24, 2.45) is 5.73 Å². The second-order valence-electron chi connectivity index (χ2n) is 5.42. The summed E-state index contributed by atoms with van der Waals surface area (Å²) >= 11 is 0. The van der Waals surface area contributed by atoms with Crippen LogP contribution in [-0.2, 0) is 16.4 Å². The van der Waals surface area contributed by atoms with Crippen LogP contribution < -0.4 is 15.2 Å². The van der Waals surface area contributed by atoms with Crippen LogP contribution in [0.15, 0.2) is 23.1 Å². The molecule has 0 aromatic heterocycles. The highest BCUT2D eigenvalue weighted by Crippen LogP contribution is 2.27. The van der Waals surface area contributed by atoms with E-state index in [0.29, 0.717) is 18.0 Å². The first-order valence-electron chi connectivity index (χ1n) is 7.55. The molecular formula is C15H25ClN2O3S. The Kier molecular flexibility index (Phi) is 7.62. The lowest BCUT2D eigenvalue weighted by Gasteiger charge is -2.20. The zero-order valence-electron chi connectivity index (χ0n) is 12.9. The van der Waals surface area contributed by atoms with Gasteiger partial charge in [-0.15, -0.1) is 12.4 Å². The van der Waals surface area contributed by atoms with E-state index < -0.39 is 10.0 Å². The maximum absolute atomic E-state index is 12.4. The van der Waals surface area contributed by atoms with E-state index in [1.165, 1.54) is 0 Å². The third-order valence-electron chi connectivity index (χ3n) is 3.70. The van der Waals surface area contributed by atoms with Crippen molar-refractivity contribution in [1.29, 1.82) is 0 Å². The number of sulfonamides is 1. The van der Waals surface area contributed by atoms with Crippen molar-refractivity contribution in [2.45, 2.75) is 50.0 Å². The molecule has 0 bridgehead atoms. The molecule has 1 aromatic carbocycles. The van der Waals surface area contributed by atoms with E-state index in [-0.39, 0.29) is 18.4 Å². The highest BCUT2D eigenvalue weighted by Gasteiger charge is 2.21. The number of hydrogen-bond donors (Lipinski definition) is 2. The molecule has 0 spiro atoms. The number of aryl methyl sites for hydroxylation is 1. The molecule has 0 radical (unpaired) electrons. The minimum atomic E-state index is -3.52. The van der Waals surface area contributed by atoms with Crippen molar-refractivity contribution in [3.63, 3.8) is 0 Å². The lowest BCUT2D eigenvalue weighted by Crippen LogP contribution is -2.40. The van der Waals surface area contributed by atoms with Crippen LogP contribution in [0.4, 0.5) is 0 Å². The first kappa shape index (κ1) is 19.2. The molecule has 1 aliphatic rings. The average Bonchev–Trinajstić information content (AvgIpc) is 2.50. The Labute approximate surface area is 139 Å². The first-order valence-corrected chi connectivity index (χ1v) is 9.03. The fourth-order valence-electron chi connectivity index (χ4n) is 2.47. The number of ether oxygens (including phenoxy) is 1. The molecule has 1 atom stereocenters. The molecule has 7 heteroatoms. The Morgan fingerprint density at radius 2 is 2.18 bits per heavy atom. The lowest BCUT2D eigenvalue weighted by atomic mass is 10.1. The molecule has 22 heavy (non-hydrogen) atoms. The number of nitrogens with two attached hydrogens (primary N) is 1. The maximum Gasteiger partial charge on any atom is 0.240 e. The van der Waals surface area contributed by atoms with Gasteiger partial charge in [0.2, 0.25) is 10.0 Å². The second kappa shape index (κ2) is 8.72. The van der Waals surface area contributed by atoms with E-state index in [4.69, 9.17) is 10.5 Å². The van der Waals surface area contributed by atoms with E-state index in [1.807, 2.05) is 0 Å². The average molecular weight is 349 g/mol. The lowest BCUT2D eigenvalue weighted by molar-refractivity contribution is 0.288. The van der Waals surface area contributed by atoms with Gasteiger partial charge in [0, 0.05) is 12.6 Å². The molecule has 1 aromatic rings. The topological polar surface area (TPSA) is 81.4 Å². The number of nitrogens with one attached hydrogen (secondary N) is 1. The molecule has 0 aliphatic carbocycles. The number of fused-ring (bicyclic) bond motifs is 1. The van der Waals surface area contributed by atoms with Gasteiger partial charge in [0.1, 0.15) is 5.75 Å². The molecule has 1 heterocycles. The van der Waals surface area contributed by atoms with Gasteiger partial charge in [-0.1, -0.05) is 19.8 Å². The van der Waals surface area contributed by atoms with E-state index in [9.17, 15) is 8.42 Å². The largest absolute Gasteiger partial charge is 0.493 e. The summed E-state index contributed by atoms with van der Waals surface area (Å²) in [6, 6.07) is 4.85. The van der Waals surface area contributed by atoms with Crippen LogP contribution in [0.3, 0.4) is 0 Å². The van der Waals surface area contributed by atoms with E-state index >= 15 is 0 Å². The minimum Gasteiger partial charge on any atom is -0.493 e. The number of rotatable bonds is 7. The summed E-state index contributed by atoms with van der Waals surface area (Å²) in [4.78, 5) is 0.293. The van der Waals surface area contributed by atoms with E-state index in [1.54, 1.807) is 18.2 Å². The van der Waals surface area contributed by atoms with Gasteiger partial charge in [-0.2, -0.15) is 0 Å². The standard InChI is InChI=1S/C15H24N2O3S.ClH/c1-2-3-6-13(11-16)17-21(18,19)14-7-8-15-12(10-14)5-4-9-20-15;/h7-8,10,13,17H,2-6,9,11,16H2,1H3;1H. The van der Waals surface area contributed by atoms with Crippen LogP contribution in [0.2, 0.25) is 0 Å². The molecule has 1 aliphatic heterocycles. The Balaban J connectivity index is 0.00000242. The number of halogens is 1. The number of benzene rings is 1. The second-order valence-corrected chi connectivity index (χ2v) is 7.13. The Bertz CT molecular complexity index is 578. The maximum atomic E-state index is 12.4. The zero-order valence-corrected chi connectivity index (χ0v) is 14.5. The van der Waals surface area contributed by atoms with Crippen molar-refractivity contribution < 1.29 is 13.2 Å². The fourth-order valence-corrected chi connectivity index (χ4v) is 3.80. The SMILES string of the molecule is CCCCC(CN)NS(=O)(=O)c1ccc2c(c1)CCCO2.Cl. The summed E-state index contributed by atoms with van der Waals surface area (Å²) in [5.41, 5.74) is 6.62. The van der Waals surface area contributed by atoms with Crippen molar-refractivity contribution in [3.05, 3.63) is 23.8 Å². The van der Waals surface area contributed by atoms with Crippen LogP contribution in [0.25, 0.3) is 0 Å². The van der Waals surface area contributed by atoms with Crippen LogP contribution in [0, 0.1) is 0 Å². The molecule has 0 saturated carbocycles. The molecule has 2 rings (SSSR count). The Morgan fingerprint density at radius 1 is 1.41 bits per heavy atom. The summed E-state index contributed by atoms with van der Waals surface area (Å²) < 4.78 is 33.1. The van der Waals surface area contributed by atoms with Gasteiger partial charge in [-0.25, -0.2) is 13.1 Å². The van der Waals surface area contributed by atoms with Gasteiger partial charge in [0.25, 0.3) is 0 Å². The summed E-state index contributed by atoms with van der Waals surface area (Å²) in [6.45, 7) is 3.09. The highest BCUT2D eigenvalue weighted by molar-refractivity contribution is 7.89. The summed E-state index contributed by atoms with van der Waals surface area (Å²) in [7, 11) is -3.52. The Morgan fingerprint density at radius 3 is 2.86 bits per heavy atom. The molecule has 0 amide bonds. The van der Waals surface area contributed by atoms with Crippen LogP contribution in [0.1, 0.15) is 38.2 Å². The van der Waals surface area contributed by atoms with Gasteiger partial charge in [-0.3, -0.25) is 0 Å². The predicted molar refractivity (Wildman–Crippen MR) is 90.2 cm³/mol. The van der Waals surface area contributed by atoms with Gasteiger partial charge in [0.15, 0.2) is 0 Å². The normalized spacial score (nSPS) is 15.4. The van der Waals surface area contributed by atoms with Crippen molar-refractivity contribution in [3.8, 4) is 5.75 Å². The van der Waals surface area contributed by atoms with E-state index in [0.717, 1.165) is 43.4 Å². The summed E-state index contributed by atoms with van der Waals surface area (Å²) in [6.07, 6.45) is 4.53. The van der Waals surface area contributed by atoms with Crippen LogP contribution in [-0.4, -0.2) is 27.6 Å².